The molecule has 0 radical (unpaired) electrons. The minimum Gasteiger partial charge on any atom is -0.486 e. The molecule has 2 aromatic heterocycles. The maximum atomic E-state index is 13.3. The molecule has 1 saturated heterocycles. The molecule has 2 aliphatic heterocycles. The van der Waals surface area contributed by atoms with Crippen LogP contribution in [-0.4, -0.2) is 52.1 Å². The third-order valence-electron chi connectivity index (χ3n) is 4.87. The highest BCUT2D eigenvalue weighted by Crippen LogP contribution is 2.39. The molecule has 0 N–H and O–H groups in total. The number of hydrogen-bond donors (Lipinski definition) is 0. The van der Waals surface area contributed by atoms with Crippen molar-refractivity contribution in [2.24, 2.45) is 0 Å². The van der Waals surface area contributed by atoms with Crippen molar-refractivity contribution in [2.45, 2.75) is 23.8 Å². The number of sulfonamides is 1. The second-order valence-corrected chi connectivity index (χ2v) is 8.31. The second kappa shape index (κ2) is 6.17. The molecule has 10 heteroatoms. The fourth-order valence-electron chi connectivity index (χ4n) is 3.65. The summed E-state index contributed by atoms with van der Waals surface area (Å²) in [6, 6.07) is 6.22. The Morgan fingerprint density at radius 1 is 1.07 bits per heavy atom. The summed E-state index contributed by atoms with van der Waals surface area (Å²) in [5.74, 6) is 1.48. The van der Waals surface area contributed by atoms with Crippen LogP contribution in [-0.2, 0) is 10.0 Å². The predicted molar refractivity (Wildman–Crippen MR) is 94.1 cm³/mol. The predicted octanol–water partition coefficient (Wildman–Crippen LogP) is 1.42. The van der Waals surface area contributed by atoms with E-state index in [1.165, 1.54) is 16.7 Å². The Kier molecular flexibility index (Phi) is 3.76. The zero-order valence-electron chi connectivity index (χ0n) is 14.4. The van der Waals surface area contributed by atoms with E-state index < -0.39 is 10.0 Å². The zero-order chi connectivity index (χ0) is 18.4. The SMILES string of the molecule is O=S(=O)(c1ccc2c(c1)OCCO2)N1CCC[C@H]1c1ccnc2ncnn12. The Bertz CT molecular complexity index is 1110. The Balaban J connectivity index is 1.55. The van der Waals surface area contributed by atoms with Crippen molar-refractivity contribution in [1.82, 2.24) is 23.9 Å². The van der Waals surface area contributed by atoms with Crippen molar-refractivity contribution in [3.63, 3.8) is 0 Å². The van der Waals surface area contributed by atoms with Crippen LogP contribution < -0.4 is 9.47 Å². The highest BCUT2D eigenvalue weighted by molar-refractivity contribution is 7.89. The van der Waals surface area contributed by atoms with Gasteiger partial charge in [-0.2, -0.15) is 18.9 Å². The molecule has 5 rings (SSSR count). The summed E-state index contributed by atoms with van der Waals surface area (Å²) in [6.45, 7) is 1.31. The van der Waals surface area contributed by atoms with Crippen LogP contribution in [0.4, 0.5) is 0 Å². The third-order valence-corrected chi connectivity index (χ3v) is 6.78. The summed E-state index contributed by atoms with van der Waals surface area (Å²) in [5, 5.41) is 4.20. The van der Waals surface area contributed by atoms with E-state index in [4.69, 9.17) is 9.47 Å². The summed E-state index contributed by atoms with van der Waals surface area (Å²) < 4.78 is 40.8. The van der Waals surface area contributed by atoms with Crippen molar-refractivity contribution in [1.29, 1.82) is 0 Å². The van der Waals surface area contributed by atoms with E-state index in [1.807, 2.05) is 0 Å². The molecule has 9 nitrogen and oxygen atoms in total. The molecule has 0 aliphatic carbocycles. The molecule has 0 unspecified atom stereocenters. The van der Waals surface area contributed by atoms with E-state index >= 15 is 0 Å². The summed E-state index contributed by atoms with van der Waals surface area (Å²) in [5.41, 5.74) is 0.760. The van der Waals surface area contributed by atoms with Gasteiger partial charge in [0.25, 0.3) is 5.78 Å². The van der Waals surface area contributed by atoms with Gasteiger partial charge in [0.2, 0.25) is 10.0 Å². The van der Waals surface area contributed by atoms with Crippen molar-refractivity contribution in [2.75, 3.05) is 19.8 Å². The summed E-state index contributed by atoms with van der Waals surface area (Å²) in [7, 11) is -3.71. The molecule has 1 fully saturated rings. The molecule has 4 heterocycles. The maximum absolute atomic E-state index is 13.3. The second-order valence-electron chi connectivity index (χ2n) is 6.42. The number of hydrogen-bond acceptors (Lipinski definition) is 7. The van der Waals surface area contributed by atoms with E-state index in [9.17, 15) is 8.42 Å². The molecule has 140 valence electrons. The molecule has 0 saturated carbocycles. The van der Waals surface area contributed by atoms with Crippen molar-refractivity contribution >= 4 is 15.8 Å². The van der Waals surface area contributed by atoms with E-state index in [0.29, 0.717) is 43.5 Å². The van der Waals surface area contributed by atoms with Crippen LogP contribution in [0.25, 0.3) is 5.78 Å². The Morgan fingerprint density at radius 3 is 2.81 bits per heavy atom. The number of benzene rings is 1. The zero-order valence-corrected chi connectivity index (χ0v) is 15.2. The van der Waals surface area contributed by atoms with Gasteiger partial charge in [-0.1, -0.05) is 0 Å². The van der Waals surface area contributed by atoms with Crippen LogP contribution in [0, 0.1) is 0 Å². The number of fused-ring (bicyclic) bond motifs is 2. The van der Waals surface area contributed by atoms with Gasteiger partial charge in [0.15, 0.2) is 11.5 Å². The van der Waals surface area contributed by atoms with Crippen LogP contribution in [0.15, 0.2) is 41.7 Å². The van der Waals surface area contributed by atoms with E-state index in [-0.39, 0.29) is 10.9 Å². The lowest BCUT2D eigenvalue weighted by atomic mass is 10.1. The van der Waals surface area contributed by atoms with Crippen molar-refractivity contribution in [3.05, 3.63) is 42.5 Å². The smallest absolute Gasteiger partial charge is 0.252 e. The molecule has 2 aliphatic rings. The number of ether oxygens (including phenoxy) is 2. The lowest BCUT2D eigenvalue weighted by molar-refractivity contribution is 0.171. The van der Waals surface area contributed by atoms with Gasteiger partial charge in [-0.15, -0.1) is 0 Å². The standard InChI is InChI=1S/C17H17N5O4S/c23-27(24,12-3-4-15-16(10-12)26-9-8-25-15)21-7-1-2-13(21)14-5-6-18-17-19-11-20-22(14)17/h3-6,10-11,13H,1-2,7-9H2/t13-/m0/s1. The molecular weight excluding hydrogens is 370 g/mol. The Labute approximate surface area is 155 Å². The summed E-state index contributed by atoms with van der Waals surface area (Å²) in [4.78, 5) is 8.44. The molecule has 1 atom stereocenters. The Morgan fingerprint density at radius 2 is 1.93 bits per heavy atom. The lowest BCUT2D eigenvalue weighted by Crippen LogP contribution is -2.32. The van der Waals surface area contributed by atoms with E-state index in [1.54, 1.807) is 28.9 Å². The van der Waals surface area contributed by atoms with Crippen LogP contribution in [0.1, 0.15) is 24.6 Å². The summed E-state index contributed by atoms with van der Waals surface area (Å²) in [6.07, 6.45) is 4.53. The van der Waals surface area contributed by atoms with Gasteiger partial charge in [0.1, 0.15) is 19.5 Å². The van der Waals surface area contributed by atoms with E-state index in [2.05, 4.69) is 15.1 Å². The van der Waals surface area contributed by atoms with Crippen LogP contribution in [0.3, 0.4) is 0 Å². The molecule has 0 amide bonds. The van der Waals surface area contributed by atoms with Crippen LogP contribution in [0.2, 0.25) is 0 Å². The lowest BCUT2D eigenvalue weighted by Gasteiger charge is -2.25. The first kappa shape index (κ1) is 16.5. The molecule has 27 heavy (non-hydrogen) atoms. The van der Waals surface area contributed by atoms with E-state index in [0.717, 1.165) is 12.1 Å². The fourth-order valence-corrected chi connectivity index (χ4v) is 5.34. The first-order valence-corrected chi connectivity index (χ1v) is 10.1. The summed E-state index contributed by atoms with van der Waals surface area (Å²) >= 11 is 0. The minimum atomic E-state index is -3.71. The van der Waals surface area contributed by atoms with Crippen molar-refractivity contribution < 1.29 is 17.9 Å². The van der Waals surface area contributed by atoms with Gasteiger partial charge < -0.3 is 9.47 Å². The first-order valence-electron chi connectivity index (χ1n) is 8.71. The average molecular weight is 387 g/mol. The van der Waals surface area contributed by atoms with Gasteiger partial charge in [-0.25, -0.2) is 13.4 Å². The normalized spacial score (nSPS) is 20.2. The number of nitrogens with zero attached hydrogens (tertiary/aromatic N) is 5. The molecule has 3 aromatic rings. The van der Waals surface area contributed by atoms with Gasteiger partial charge in [-0.3, -0.25) is 0 Å². The molecule has 0 spiro atoms. The highest BCUT2D eigenvalue weighted by atomic mass is 32.2. The van der Waals surface area contributed by atoms with Gasteiger partial charge in [0.05, 0.1) is 16.6 Å². The third kappa shape index (κ3) is 2.63. The quantitative estimate of drug-likeness (QED) is 0.670. The maximum Gasteiger partial charge on any atom is 0.252 e. The number of rotatable bonds is 3. The highest BCUT2D eigenvalue weighted by Gasteiger charge is 2.38. The van der Waals surface area contributed by atoms with Gasteiger partial charge in [0, 0.05) is 18.8 Å². The fraction of sp³-hybridized carbons (Fsp3) is 0.353. The topological polar surface area (TPSA) is 98.9 Å². The average Bonchev–Trinajstić information content (AvgIpc) is 3.37. The molecule has 1 aromatic carbocycles. The van der Waals surface area contributed by atoms with Crippen LogP contribution in [0.5, 0.6) is 11.5 Å². The molecule has 0 bridgehead atoms. The Hall–Kier alpha value is -2.72. The largest absolute Gasteiger partial charge is 0.486 e. The van der Waals surface area contributed by atoms with Crippen molar-refractivity contribution in [3.8, 4) is 11.5 Å². The van der Waals surface area contributed by atoms with Gasteiger partial charge in [-0.05, 0) is 31.0 Å². The van der Waals surface area contributed by atoms with Gasteiger partial charge >= 0.3 is 0 Å². The molecular formula is C17H17N5O4S. The number of aromatic nitrogens is 4. The minimum absolute atomic E-state index is 0.197. The first-order chi connectivity index (χ1) is 13.1. The van der Waals surface area contributed by atoms with Crippen LogP contribution >= 0.6 is 0 Å². The monoisotopic (exact) mass is 387 g/mol.